The molecule has 20 heavy (non-hydrogen) atoms. The van der Waals surface area contributed by atoms with E-state index in [-0.39, 0.29) is 5.91 Å². The van der Waals surface area contributed by atoms with Crippen LogP contribution in [0.2, 0.25) is 0 Å². The molecule has 0 fully saturated rings. The fraction of sp³-hybridized carbons (Fsp3) is 0.214. The Morgan fingerprint density at radius 3 is 2.65 bits per heavy atom. The zero-order valence-corrected chi connectivity index (χ0v) is 12.2. The topological polar surface area (TPSA) is 68.3 Å². The molecule has 2 aromatic rings. The van der Waals surface area contributed by atoms with Crippen LogP contribution in [0.3, 0.4) is 0 Å². The summed E-state index contributed by atoms with van der Waals surface area (Å²) in [6.45, 7) is 3.65. The molecule has 0 spiro atoms. The van der Waals surface area contributed by atoms with Gasteiger partial charge in [0.25, 0.3) is 5.91 Å². The molecule has 0 aliphatic heterocycles. The van der Waals surface area contributed by atoms with Gasteiger partial charge >= 0.3 is 5.97 Å². The van der Waals surface area contributed by atoms with E-state index in [9.17, 15) is 9.59 Å². The van der Waals surface area contributed by atoms with Gasteiger partial charge in [-0.2, -0.15) is 0 Å². The number of hydrogen-bond acceptors (Lipinski definition) is 5. The lowest BCUT2D eigenvalue weighted by molar-refractivity contribution is 0.0600. The van der Waals surface area contributed by atoms with Gasteiger partial charge in [0.2, 0.25) is 0 Å². The molecule has 0 unspecified atom stereocenters. The molecule has 6 heteroatoms. The van der Waals surface area contributed by atoms with Gasteiger partial charge in [0.05, 0.1) is 23.4 Å². The van der Waals surface area contributed by atoms with Crippen molar-refractivity contribution in [1.82, 2.24) is 4.98 Å². The van der Waals surface area contributed by atoms with Crippen molar-refractivity contribution in [3.63, 3.8) is 0 Å². The van der Waals surface area contributed by atoms with E-state index in [1.165, 1.54) is 18.4 Å². The van der Waals surface area contributed by atoms with Gasteiger partial charge < -0.3 is 10.1 Å². The average molecular weight is 290 g/mol. The molecule has 1 N–H and O–H groups in total. The van der Waals surface area contributed by atoms with E-state index in [4.69, 9.17) is 0 Å². The minimum Gasteiger partial charge on any atom is -0.465 e. The number of anilines is 1. The zero-order chi connectivity index (χ0) is 14.7. The molecule has 2 rings (SSSR count). The van der Waals surface area contributed by atoms with E-state index in [1.807, 2.05) is 6.92 Å². The Bertz CT molecular complexity index is 664. The zero-order valence-electron chi connectivity index (χ0n) is 11.4. The van der Waals surface area contributed by atoms with Gasteiger partial charge in [-0.3, -0.25) is 4.79 Å². The van der Waals surface area contributed by atoms with Gasteiger partial charge in [-0.05, 0) is 32.0 Å². The second-order valence-electron chi connectivity index (χ2n) is 4.17. The van der Waals surface area contributed by atoms with Crippen LogP contribution in [0.5, 0.6) is 0 Å². The molecule has 0 bridgehead atoms. The van der Waals surface area contributed by atoms with Gasteiger partial charge in [0.15, 0.2) is 0 Å². The predicted octanol–water partition coefficient (Wildman–Crippen LogP) is 2.80. The highest BCUT2D eigenvalue weighted by Gasteiger charge is 2.14. The summed E-state index contributed by atoms with van der Waals surface area (Å²) in [4.78, 5) is 28.4. The third kappa shape index (κ3) is 3.03. The normalized spacial score (nSPS) is 10.2. The molecular formula is C14H14N2O3S. The highest BCUT2D eigenvalue weighted by Crippen LogP contribution is 2.19. The molecule has 0 aliphatic carbocycles. The summed E-state index contributed by atoms with van der Waals surface area (Å²) in [7, 11) is 1.32. The van der Waals surface area contributed by atoms with Crippen LogP contribution < -0.4 is 5.32 Å². The van der Waals surface area contributed by atoms with Gasteiger partial charge in [-0.15, -0.1) is 11.3 Å². The predicted molar refractivity (Wildman–Crippen MR) is 77.3 cm³/mol. The SMILES string of the molecule is COC(=O)c1cccc(NC(=O)c2sc(C)nc2C)c1. The lowest BCUT2D eigenvalue weighted by atomic mass is 10.2. The Balaban J connectivity index is 2.20. The molecule has 1 aromatic heterocycles. The van der Waals surface area contributed by atoms with Crippen LogP contribution in [-0.4, -0.2) is 24.0 Å². The molecule has 0 saturated heterocycles. The number of amides is 1. The number of esters is 1. The molecule has 104 valence electrons. The first-order valence-corrected chi connectivity index (χ1v) is 6.76. The van der Waals surface area contributed by atoms with Gasteiger partial charge in [0.1, 0.15) is 4.88 Å². The molecule has 1 amide bonds. The van der Waals surface area contributed by atoms with Gasteiger partial charge in [-0.25, -0.2) is 9.78 Å². The molecule has 0 radical (unpaired) electrons. The summed E-state index contributed by atoms with van der Waals surface area (Å²) in [6, 6.07) is 6.61. The first-order valence-electron chi connectivity index (χ1n) is 5.95. The Labute approximate surface area is 120 Å². The average Bonchev–Trinajstić information content (AvgIpc) is 2.77. The Morgan fingerprint density at radius 1 is 1.30 bits per heavy atom. The molecule has 1 aromatic carbocycles. The summed E-state index contributed by atoms with van der Waals surface area (Å²) in [5.74, 6) is -0.666. The number of benzene rings is 1. The van der Waals surface area contributed by atoms with E-state index < -0.39 is 5.97 Å². The van der Waals surface area contributed by atoms with Crippen molar-refractivity contribution < 1.29 is 14.3 Å². The van der Waals surface area contributed by atoms with Crippen LogP contribution in [0.1, 0.15) is 30.7 Å². The smallest absolute Gasteiger partial charge is 0.337 e. The van der Waals surface area contributed by atoms with E-state index >= 15 is 0 Å². The van der Waals surface area contributed by atoms with E-state index in [0.717, 1.165) is 5.01 Å². The quantitative estimate of drug-likeness (QED) is 0.883. The fourth-order valence-electron chi connectivity index (χ4n) is 1.77. The second kappa shape index (κ2) is 5.83. The van der Waals surface area contributed by atoms with Crippen LogP contribution in [0.15, 0.2) is 24.3 Å². The van der Waals surface area contributed by atoms with Crippen LogP contribution in [-0.2, 0) is 4.74 Å². The van der Waals surface area contributed by atoms with Crippen LogP contribution >= 0.6 is 11.3 Å². The fourth-order valence-corrected chi connectivity index (χ4v) is 2.59. The molecule has 0 atom stereocenters. The first kappa shape index (κ1) is 14.2. The highest BCUT2D eigenvalue weighted by atomic mass is 32.1. The van der Waals surface area contributed by atoms with Crippen molar-refractivity contribution in [2.75, 3.05) is 12.4 Å². The maximum Gasteiger partial charge on any atom is 0.337 e. The van der Waals surface area contributed by atoms with Crippen LogP contribution in [0.25, 0.3) is 0 Å². The number of nitrogens with zero attached hydrogens (tertiary/aromatic N) is 1. The maximum atomic E-state index is 12.1. The lowest BCUT2D eigenvalue weighted by Crippen LogP contribution is -2.12. The minimum absolute atomic E-state index is 0.227. The Hall–Kier alpha value is -2.21. The van der Waals surface area contributed by atoms with Crippen LogP contribution in [0.4, 0.5) is 5.69 Å². The summed E-state index contributed by atoms with van der Waals surface area (Å²) in [5, 5.41) is 3.60. The number of methoxy groups -OCH3 is 1. The number of ether oxygens (including phenoxy) is 1. The number of aryl methyl sites for hydroxylation is 2. The summed E-state index contributed by atoms with van der Waals surface area (Å²) >= 11 is 1.34. The van der Waals surface area contributed by atoms with Crippen molar-refractivity contribution in [2.24, 2.45) is 0 Å². The number of rotatable bonds is 3. The monoisotopic (exact) mass is 290 g/mol. The van der Waals surface area contributed by atoms with Gasteiger partial charge in [0, 0.05) is 5.69 Å². The molecule has 0 saturated carbocycles. The lowest BCUT2D eigenvalue weighted by Gasteiger charge is -2.06. The second-order valence-corrected chi connectivity index (χ2v) is 5.38. The third-order valence-electron chi connectivity index (χ3n) is 2.65. The number of nitrogens with one attached hydrogen (secondary N) is 1. The van der Waals surface area contributed by atoms with Crippen molar-refractivity contribution in [1.29, 1.82) is 0 Å². The van der Waals surface area contributed by atoms with Crippen molar-refractivity contribution >= 4 is 28.9 Å². The number of carbonyl (C=O) groups is 2. The van der Waals surface area contributed by atoms with E-state index in [1.54, 1.807) is 31.2 Å². The summed E-state index contributed by atoms with van der Waals surface area (Å²) < 4.78 is 4.64. The van der Waals surface area contributed by atoms with E-state index in [0.29, 0.717) is 21.8 Å². The van der Waals surface area contributed by atoms with Crippen LogP contribution in [0, 0.1) is 13.8 Å². The largest absolute Gasteiger partial charge is 0.465 e. The number of carbonyl (C=O) groups excluding carboxylic acids is 2. The van der Waals surface area contributed by atoms with Crippen molar-refractivity contribution in [3.8, 4) is 0 Å². The van der Waals surface area contributed by atoms with Gasteiger partial charge in [-0.1, -0.05) is 6.07 Å². The Kier molecular flexibility index (Phi) is 4.14. The maximum absolute atomic E-state index is 12.1. The molecule has 5 nitrogen and oxygen atoms in total. The first-order chi connectivity index (χ1) is 9.51. The standard InChI is InChI=1S/C14H14N2O3S/c1-8-12(20-9(2)15-8)13(17)16-11-6-4-5-10(7-11)14(18)19-3/h4-7H,1-3H3,(H,16,17). The number of aromatic nitrogens is 1. The third-order valence-corrected chi connectivity index (χ3v) is 3.72. The summed E-state index contributed by atoms with van der Waals surface area (Å²) in [6.07, 6.45) is 0. The van der Waals surface area contributed by atoms with E-state index in [2.05, 4.69) is 15.0 Å². The van der Waals surface area contributed by atoms with Crippen molar-refractivity contribution in [2.45, 2.75) is 13.8 Å². The molecule has 1 heterocycles. The molecular weight excluding hydrogens is 276 g/mol. The number of thiazole rings is 1. The summed E-state index contributed by atoms with van der Waals surface area (Å²) in [5.41, 5.74) is 1.64. The Morgan fingerprint density at radius 2 is 2.05 bits per heavy atom. The minimum atomic E-state index is -0.439. The van der Waals surface area contributed by atoms with Crippen molar-refractivity contribution in [3.05, 3.63) is 45.4 Å². The highest BCUT2D eigenvalue weighted by molar-refractivity contribution is 7.13. The molecule has 0 aliphatic rings. The number of hydrogen-bond donors (Lipinski definition) is 1.